The molecule has 1 aliphatic rings. The van der Waals surface area contributed by atoms with Crippen LogP contribution in [-0.4, -0.2) is 5.91 Å². The molecule has 0 saturated carbocycles. The van der Waals surface area contributed by atoms with Crippen molar-refractivity contribution in [3.05, 3.63) is 51.9 Å². The number of anilines is 1. The zero-order valence-electron chi connectivity index (χ0n) is 10.9. The predicted octanol–water partition coefficient (Wildman–Crippen LogP) is 4.47. The Balaban J connectivity index is 1.97. The molecule has 2 heterocycles. The van der Waals surface area contributed by atoms with Gasteiger partial charge in [-0.05, 0) is 29.3 Å². The lowest BCUT2D eigenvalue weighted by atomic mass is 10.0. The fourth-order valence-corrected chi connectivity index (χ4v) is 3.36. The first kappa shape index (κ1) is 13.7. The SMILES string of the molecule is CCc1ccc(C(Br)c2cc3c(cc2Cl)NC(=O)C3)o1. The largest absolute Gasteiger partial charge is 0.465 e. The van der Waals surface area contributed by atoms with E-state index in [1.165, 1.54) is 0 Å². The number of fused-ring (bicyclic) bond motifs is 1. The second kappa shape index (κ2) is 5.26. The van der Waals surface area contributed by atoms with Crippen LogP contribution in [0.3, 0.4) is 0 Å². The highest BCUT2D eigenvalue weighted by atomic mass is 79.9. The monoisotopic (exact) mass is 353 g/mol. The van der Waals surface area contributed by atoms with Gasteiger partial charge in [-0.25, -0.2) is 0 Å². The Bertz CT molecular complexity index is 681. The lowest BCUT2D eigenvalue weighted by Crippen LogP contribution is -2.03. The van der Waals surface area contributed by atoms with E-state index in [9.17, 15) is 4.79 Å². The first-order chi connectivity index (χ1) is 9.58. The van der Waals surface area contributed by atoms with Gasteiger partial charge in [0.05, 0.1) is 11.2 Å². The Morgan fingerprint density at radius 3 is 2.95 bits per heavy atom. The van der Waals surface area contributed by atoms with Gasteiger partial charge >= 0.3 is 0 Å². The van der Waals surface area contributed by atoms with Gasteiger partial charge < -0.3 is 9.73 Å². The molecule has 3 nitrogen and oxygen atoms in total. The molecule has 1 atom stereocenters. The molecule has 1 aromatic carbocycles. The van der Waals surface area contributed by atoms with Crippen molar-refractivity contribution in [1.29, 1.82) is 0 Å². The van der Waals surface area contributed by atoms with E-state index < -0.39 is 0 Å². The van der Waals surface area contributed by atoms with Crippen molar-refractivity contribution in [2.75, 3.05) is 5.32 Å². The summed E-state index contributed by atoms with van der Waals surface area (Å²) in [7, 11) is 0. The summed E-state index contributed by atoms with van der Waals surface area (Å²) in [5.74, 6) is 1.77. The molecule has 3 rings (SSSR count). The number of halogens is 2. The van der Waals surface area contributed by atoms with Crippen LogP contribution in [0.5, 0.6) is 0 Å². The number of nitrogens with one attached hydrogen (secondary N) is 1. The van der Waals surface area contributed by atoms with Gasteiger partial charge in [-0.3, -0.25) is 4.79 Å². The van der Waals surface area contributed by atoms with Gasteiger partial charge in [0.1, 0.15) is 11.5 Å². The van der Waals surface area contributed by atoms with Crippen molar-refractivity contribution in [3.63, 3.8) is 0 Å². The maximum Gasteiger partial charge on any atom is 0.228 e. The molecule has 20 heavy (non-hydrogen) atoms. The van der Waals surface area contributed by atoms with Gasteiger partial charge in [-0.15, -0.1) is 0 Å². The van der Waals surface area contributed by atoms with Crippen LogP contribution in [0.1, 0.15) is 34.4 Å². The topological polar surface area (TPSA) is 42.2 Å². The van der Waals surface area contributed by atoms with E-state index in [-0.39, 0.29) is 10.7 Å². The van der Waals surface area contributed by atoms with Crippen molar-refractivity contribution in [2.45, 2.75) is 24.6 Å². The quantitative estimate of drug-likeness (QED) is 0.826. The molecular weight excluding hydrogens is 342 g/mol. The number of furan rings is 1. The lowest BCUT2D eigenvalue weighted by molar-refractivity contribution is -0.115. The van der Waals surface area contributed by atoms with Gasteiger partial charge in [0.2, 0.25) is 5.91 Å². The highest BCUT2D eigenvalue weighted by Crippen LogP contribution is 2.39. The lowest BCUT2D eigenvalue weighted by Gasteiger charge is -2.12. The van der Waals surface area contributed by atoms with Crippen molar-refractivity contribution in [1.82, 2.24) is 0 Å². The number of rotatable bonds is 3. The van der Waals surface area contributed by atoms with Crippen LogP contribution >= 0.6 is 27.5 Å². The van der Waals surface area contributed by atoms with E-state index >= 15 is 0 Å². The molecule has 0 fully saturated rings. The molecular formula is C15H13BrClNO2. The summed E-state index contributed by atoms with van der Waals surface area (Å²) in [6.45, 7) is 2.05. The maximum absolute atomic E-state index is 11.4. The molecule has 0 saturated heterocycles. The second-order valence-corrected chi connectivity index (χ2v) is 6.10. The molecule has 5 heteroatoms. The first-order valence-electron chi connectivity index (χ1n) is 6.43. The van der Waals surface area contributed by atoms with Crippen LogP contribution in [0, 0.1) is 0 Å². The summed E-state index contributed by atoms with van der Waals surface area (Å²) in [4.78, 5) is 11.3. The fraction of sp³-hybridized carbons (Fsp3) is 0.267. The normalized spacial score (nSPS) is 15.1. The van der Waals surface area contributed by atoms with E-state index in [4.69, 9.17) is 16.0 Å². The maximum atomic E-state index is 11.4. The van der Waals surface area contributed by atoms with E-state index in [2.05, 4.69) is 21.2 Å². The minimum atomic E-state index is -0.115. The molecule has 0 spiro atoms. The van der Waals surface area contributed by atoms with E-state index in [1.54, 1.807) is 6.07 Å². The number of aryl methyl sites for hydroxylation is 1. The zero-order valence-corrected chi connectivity index (χ0v) is 13.2. The fourth-order valence-electron chi connectivity index (χ4n) is 2.34. The van der Waals surface area contributed by atoms with E-state index in [0.29, 0.717) is 11.4 Å². The summed E-state index contributed by atoms with van der Waals surface area (Å²) in [5.41, 5.74) is 2.69. The molecule has 0 radical (unpaired) electrons. The highest BCUT2D eigenvalue weighted by molar-refractivity contribution is 9.09. The Labute approximate surface area is 130 Å². The summed E-state index contributed by atoms with van der Waals surface area (Å²) >= 11 is 9.95. The van der Waals surface area contributed by atoms with Gasteiger partial charge in [0, 0.05) is 17.1 Å². The average molecular weight is 355 g/mol. The van der Waals surface area contributed by atoms with Crippen LogP contribution in [0.4, 0.5) is 5.69 Å². The minimum Gasteiger partial charge on any atom is -0.465 e. The number of hydrogen-bond acceptors (Lipinski definition) is 2. The molecule has 1 aliphatic heterocycles. The van der Waals surface area contributed by atoms with E-state index in [0.717, 1.165) is 34.8 Å². The van der Waals surface area contributed by atoms with Crippen LogP contribution in [0.2, 0.25) is 5.02 Å². The van der Waals surface area contributed by atoms with Crippen molar-refractivity contribution in [3.8, 4) is 0 Å². The smallest absolute Gasteiger partial charge is 0.228 e. The molecule has 0 aliphatic carbocycles. The van der Waals surface area contributed by atoms with Crippen molar-refractivity contribution < 1.29 is 9.21 Å². The molecule has 0 bridgehead atoms. The summed E-state index contributed by atoms with van der Waals surface area (Å²) in [6.07, 6.45) is 1.26. The number of amides is 1. The third-order valence-electron chi connectivity index (χ3n) is 3.40. The van der Waals surface area contributed by atoms with Gasteiger partial charge in [0.25, 0.3) is 0 Å². The highest BCUT2D eigenvalue weighted by Gasteiger charge is 2.23. The molecule has 2 aromatic rings. The van der Waals surface area contributed by atoms with E-state index in [1.807, 2.05) is 25.1 Å². The third kappa shape index (κ3) is 2.38. The minimum absolute atomic E-state index is 0.00519. The zero-order chi connectivity index (χ0) is 14.3. The molecule has 1 N–H and O–H groups in total. The van der Waals surface area contributed by atoms with Crippen LogP contribution in [-0.2, 0) is 17.6 Å². The Hall–Kier alpha value is -1.26. The number of alkyl halides is 1. The standard InChI is InChI=1S/C15H13BrClNO2/c1-2-9-3-4-13(20-9)15(16)10-5-8-6-14(19)18-12(8)7-11(10)17/h3-5,7,15H,2,6H2,1H3,(H,18,19). The number of carbonyl (C=O) groups is 1. The van der Waals surface area contributed by atoms with Gasteiger partial charge in [-0.1, -0.05) is 40.5 Å². The first-order valence-corrected chi connectivity index (χ1v) is 7.72. The Morgan fingerprint density at radius 2 is 2.25 bits per heavy atom. The summed E-state index contributed by atoms with van der Waals surface area (Å²) in [6, 6.07) is 7.68. The van der Waals surface area contributed by atoms with Crippen LogP contribution in [0.15, 0.2) is 28.7 Å². The number of hydrogen-bond donors (Lipinski definition) is 1. The molecule has 104 valence electrons. The summed E-state index contributed by atoms with van der Waals surface area (Å²) in [5, 5.41) is 3.41. The van der Waals surface area contributed by atoms with Crippen molar-refractivity contribution >= 4 is 39.1 Å². The van der Waals surface area contributed by atoms with Crippen LogP contribution in [0.25, 0.3) is 0 Å². The second-order valence-electron chi connectivity index (χ2n) is 4.78. The number of benzene rings is 1. The average Bonchev–Trinajstić information content (AvgIpc) is 3.02. The van der Waals surface area contributed by atoms with Gasteiger partial charge in [0.15, 0.2) is 0 Å². The Morgan fingerprint density at radius 1 is 1.45 bits per heavy atom. The molecule has 1 aromatic heterocycles. The molecule has 1 amide bonds. The van der Waals surface area contributed by atoms with Crippen LogP contribution < -0.4 is 5.32 Å². The Kier molecular flexibility index (Phi) is 3.61. The van der Waals surface area contributed by atoms with Gasteiger partial charge in [-0.2, -0.15) is 0 Å². The number of carbonyl (C=O) groups excluding carboxylic acids is 1. The third-order valence-corrected chi connectivity index (χ3v) is 4.67. The van der Waals surface area contributed by atoms with Crippen molar-refractivity contribution in [2.24, 2.45) is 0 Å². The predicted molar refractivity (Wildman–Crippen MR) is 82.6 cm³/mol. The molecule has 1 unspecified atom stereocenters. The summed E-state index contributed by atoms with van der Waals surface area (Å²) < 4.78 is 5.76.